The second-order valence-corrected chi connectivity index (χ2v) is 7.53. The molecule has 0 radical (unpaired) electrons. The van der Waals surface area contributed by atoms with Crippen LogP contribution < -0.4 is 14.8 Å². The molecule has 1 N–H and O–H groups in total. The summed E-state index contributed by atoms with van der Waals surface area (Å²) in [7, 11) is 1.69. The third-order valence-corrected chi connectivity index (χ3v) is 5.86. The summed E-state index contributed by atoms with van der Waals surface area (Å²) in [4.78, 5) is 4.47. The van der Waals surface area contributed by atoms with Crippen LogP contribution in [0.25, 0.3) is 5.70 Å². The number of anilines is 1. The van der Waals surface area contributed by atoms with Crippen molar-refractivity contribution in [2.45, 2.75) is 12.1 Å². The Labute approximate surface area is 179 Å². The molecule has 31 heavy (non-hydrogen) atoms. The first-order valence-electron chi connectivity index (χ1n) is 10.2. The number of rotatable bonds is 3. The van der Waals surface area contributed by atoms with E-state index in [0.29, 0.717) is 5.95 Å². The van der Waals surface area contributed by atoms with E-state index in [1.165, 1.54) is 0 Å². The molecule has 2 aliphatic heterocycles. The van der Waals surface area contributed by atoms with Crippen LogP contribution in [0, 0.1) is 0 Å². The van der Waals surface area contributed by atoms with Crippen molar-refractivity contribution in [3.8, 4) is 11.5 Å². The lowest BCUT2D eigenvalue weighted by Crippen LogP contribution is -2.32. The normalized spacial score (nSPS) is 18.9. The van der Waals surface area contributed by atoms with Crippen LogP contribution in [-0.2, 0) is 0 Å². The number of nitrogens with zero attached hydrogens (tertiary/aromatic N) is 3. The molecule has 0 fully saturated rings. The lowest BCUT2D eigenvalue weighted by molar-refractivity contribution is 0.217. The molecular formula is C25H20N4O2. The summed E-state index contributed by atoms with van der Waals surface area (Å²) in [6.45, 7) is 0. The van der Waals surface area contributed by atoms with E-state index >= 15 is 0 Å². The summed E-state index contributed by atoms with van der Waals surface area (Å²) in [5, 5.41) is 8.07. The highest BCUT2D eigenvalue weighted by molar-refractivity contribution is 5.85. The largest absolute Gasteiger partial charge is 0.496 e. The highest BCUT2D eigenvalue weighted by Crippen LogP contribution is 2.51. The predicted molar refractivity (Wildman–Crippen MR) is 118 cm³/mol. The summed E-state index contributed by atoms with van der Waals surface area (Å²) in [5.41, 5.74) is 5.18. The van der Waals surface area contributed by atoms with Gasteiger partial charge in [0, 0.05) is 16.7 Å². The standard InChI is InChI=1S/C25H20N4O2/c1-30-19-13-7-6-12-18(19)24-21-22(17-11-5-8-14-20(17)31-24)28-25-26-15-27-29(25)23(21)16-9-3-2-4-10-16/h2-15,23-24H,1H3,(H,26,27,28)/t23-,24+/m0/s1. The zero-order valence-electron chi connectivity index (χ0n) is 16.9. The molecule has 0 bridgehead atoms. The van der Waals surface area contributed by atoms with E-state index in [9.17, 15) is 0 Å². The second kappa shape index (κ2) is 7.02. The molecule has 0 spiro atoms. The van der Waals surface area contributed by atoms with E-state index in [1.807, 2.05) is 59.3 Å². The number of ether oxygens (including phenoxy) is 2. The van der Waals surface area contributed by atoms with Gasteiger partial charge in [-0.1, -0.05) is 60.7 Å². The van der Waals surface area contributed by atoms with Crippen molar-refractivity contribution >= 4 is 11.6 Å². The van der Waals surface area contributed by atoms with Crippen LogP contribution in [0.5, 0.6) is 11.5 Å². The Kier molecular flexibility index (Phi) is 4.02. The summed E-state index contributed by atoms with van der Waals surface area (Å²) < 4.78 is 14.3. The molecule has 0 amide bonds. The number of aromatic nitrogens is 3. The van der Waals surface area contributed by atoms with Crippen LogP contribution in [0.2, 0.25) is 0 Å². The van der Waals surface area contributed by atoms with Crippen LogP contribution in [0.4, 0.5) is 5.95 Å². The van der Waals surface area contributed by atoms with E-state index in [0.717, 1.165) is 39.5 Å². The number of para-hydroxylation sites is 2. The Morgan fingerprint density at radius 2 is 1.71 bits per heavy atom. The zero-order chi connectivity index (χ0) is 20.8. The second-order valence-electron chi connectivity index (χ2n) is 7.53. The average Bonchev–Trinajstić information content (AvgIpc) is 3.31. The molecule has 6 heteroatoms. The molecule has 0 saturated carbocycles. The maximum atomic E-state index is 6.63. The number of hydrogen-bond donors (Lipinski definition) is 1. The van der Waals surface area contributed by atoms with Crippen LogP contribution in [0.15, 0.2) is 90.8 Å². The Morgan fingerprint density at radius 3 is 2.58 bits per heavy atom. The van der Waals surface area contributed by atoms with E-state index in [4.69, 9.17) is 9.47 Å². The van der Waals surface area contributed by atoms with Gasteiger partial charge in [0.05, 0.1) is 12.8 Å². The molecular weight excluding hydrogens is 388 g/mol. The van der Waals surface area contributed by atoms with Gasteiger partial charge in [0.25, 0.3) is 0 Å². The quantitative estimate of drug-likeness (QED) is 0.525. The first kappa shape index (κ1) is 17.8. The fourth-order valence-electron chi connectivity index (χ4n) is 4.51. The SMILES string of the molecule is COc1ccccc1[C@H]1Oc2ccccc2C2=C1[C@H](c1ccccc1)n1ncnc1N2. The van der Waals surface area contributed by atoms with Crippen LogP contribution in [0.1, 0.15) is 28.8 Å². The minimum Gasteiger partial charge on any atom is -0.496 e. The molecule has 2 atom stereocenters. The third-order valence-electron chi connectivity index (χ3n) is 5.86. The van der Waals surface area contributed by atoms with Crippen LogP contribution in [-0.4, -0.2) is 21.9 Å². The van der Waals surface area contributed by atoms with E-state index < -0.39 is 0 Å². The maximum absolute atomic E-state index is 6.63. The van der Waals surface area contributed by atoms with Gasteiger partial charge in [0.2, 0.25) is 5.95 Å². The Balaban J connectivity index is 1.65. The van der Waals surface area contributed by atoms with Crippen LogP contribution in [0.3, 0.4) is 0 Å². The van der Waals surface area contributed by atoms with Crippen molar-refractivity contribution in [2.75, 3.05) is 12.4 Å². The Bertz CT molecular complexity index is 1300. The first-order chi connectivity index (χ1) is 15.3. The first-order valence-corrected chi connectivity index (χ1v) is 10.2. The summed E-state index contributed by atoms with van der Waals surface area (Å²) in [6.07, 6.45) is 1.23. The predicted octanol–water partition coefficient (Wildman–Crippen LogP) is 4.85. The van der Waals surface area contributed by atoms with Gasteiger partial charge in [0.15, 0.2) is 6.10 Å². The lowest BCUT2D eigenvalue weighted by Gasteiger charge is -2.39. The van der Waals surface area contributed by atoms with Crippen LogP contribution >= 0.6 is 0 Å². The summed E-state index contributed by atoms with van der Waals surface area (Å²) in [6, 6.07) is 26.3. The van der Waals surface area contributed by atoms with Crippen molar-refractivity contribution < 1.29 is 9.47 Å². The molecule has 4 aromatic rings. The van der Waals surface area contributed by atoms with Gasteiger partial charge in [-0.25, -0.2) is 4.68 Å². The lowest BCUT2D eigenvalue weighted by atomic mass is 9.84. The van der Waals surface area contributed by atoms with Gasteiger partial charge in [-0.3, -0.25) is 0 Å². The minimum atomic E-state index is -0.351. The molecule has 0 unspecified atom stereocenters. The number of fused-ring (bicyclic) bond motifs is 3. The molecule has 2 aliphatic rings. The Morgan fingerprint density at radius 1 is 0.935 bits per heavy atom. The monoisotopic (exact) mass is 408 g/mol. The molecule has 3 aromatic carbocycles. The van der Waals surface area contributed by atoms with Crippen molar-refractivity contribution in [1.29, 1.82) is 0 Å². The minimum absolute atomic E-state index is 0.168. The highest BCUT2D eigenvalue weighted by atomic mass is 16.5. The fourth-order valence-corrected chi connectivity index (χ4v) is 4.51. The molecule has 1 aromatic heterocycles. The van der Waals surface area contributed by atoms with Gasteiger partial charge >= 0.3 is 0 Å². The van der Waals surface area contributed by atoms with Gasteiger partial charge in [-0.15, -0.1) is 0 Å². The summed E-state index contributed by atoms with van der Waals surface area (Å²) in [5.74, 6) is 2.32. The molecule has 0 saturated heterocycles. The van der Waals surface area contributed by atoms with Crippen molar-refractivity contribution in [1.82, 2.24) is 14.8 Å². The number of hydrogen-bond acceptors (Lipinski definition) is 5. The van der Waals surface area contributed by atoms with E-state index in [1.54, 1.807) is 13.4 Å². The van der Waals surface area contributed by atoms with Crippen molar-refractivity contribution in [3.05, 3.63) is 107 Å². The fraction of sp³-hybridized carbons (Fsp3) is 0.120. The average molecular weight is 408 g/mol. The topological polar surface area (TPSA) is 61.2 Å². The van der Waals surface area contributed by atoms with Gasteiger partial charge < -0.3 is 14.8 Å². The van der Waals surface area contributed by atoms with E-state index in [2.05, 4.69) is 39.7 Å². The molecule has 3 heterocycles. The summed E-state index contributed by atoms with van der Waals surface area (Å²) >= 11 is 0. The highest BCUT2D eigenvalue weighted by Gasteiger charge is 2.41. The molecule has 152 valence electrons. The van der Waals surface area contributed by atoms with Gasteiger partial charge in [-0.2, -0.15) is 10.1 Å². The van der Waals surface area contributed by atoms with Gasteiger partial charge in [0.1, 0.15) is 23.9 Å². The maximum Gasteiger partial charge on any atom is 0.226 e. The van der Waals surface area contributed by atoms with E-state index in [-0.39, 0.29) is 12.1 Å². The smallest absolute Gasteiger partial charge is 0.226 e. The number of methoxy groups -OCH3 is 1. The number of nitrogens with one attached hydrogen (secondary N) is 1. The van der Waals surface area contributed by atoms with Crippen molar-refractivity contribution in [2.24, 2.45) is 0 Å². The van der Waals surface area contributed by atoms with Crippen molar-refractivity contribution in [3.63, 3.8) is 0 Å². The van der Waals surface area contributed by atoms with Gasteiger partial charge in [-0.05, 0) is 23.8 Å². The Hall–Kier alpha value is -4.06. The molecule has 6 nitrogen and oxygen atoms in total. The third kappa shape index (κ3) is 2.72. The molecule has 0 aliphatic carbocycles. The number of benzene rings is 3. The molecule has 6 rings (SSSR count). The zero-order valence-corrected chi connectivity index (χ0v) is 16.9.